The van der Waals surface area contributed by atoms with E-state index in [-0.39, 0.29) is 5.91 Å². The van der Waals surface area contributed by atoms with E-state index in [1.807, 2.05) is 26.0 Å². The molecule has 2 aliphatic heterocycles. The van der Waals surface area contributed by atoms with E-state index in [4.69, 9.17) is 9.47 Å². The summed E-state index contributed by atoms with van der Waals surface area (Å²) in [5.74, 6) is 0.457. The van der Waals surface area contributed by atoms with Gasteiger partial charge in [0.15, 0.2) is 0 Å². The summed E-state index contributed by atoms with van der Waals surface area (Å²) in [7, 11) is 1.60. The highest BCUT2D eigenvalue weighted by atomic mass is 16.6. The van der Waals surface area contributed by atoms with Crippen LogP contribution in [-0.2, 0) is 16.8 Å². The molecule has 0 bridgehead atoms. The van der Waals surface area contributed by atoms with Gasteiger partial charge >= 0.3 is 6.09 Å². The molecule has 0 saturated heterocycles. The topological polar surface area (TPSA) is 69.6 Å². The van der Waals surface area contributed by atoms with Gasteiger partial charge in [0.25, 0.3) is 5.91 Å². The minimum absolute atomic E-state index is 0.237. The van der Waals surface area contributed by atoms with Gasteiger partial charge in [-0.3, -0.25) is 4.79 Å². The Kier molecular flexibility index (Phi) is 2.41. The van der Waals surface area contributed by atoms with Crippen LogP contribution in [0, 0.1) is 0 Å². The number of cyclic esters (lactones) is 1. The first kappa shape index (κ1) is 13.2. The van der Waals surface area contributed by atoms with Crippen molar-refractivity contribution < 1.29 is 19.1 Å². The van der Waals surface area contributed by atoms with E-state index in [0.29, 0.717) is 24.4 Å². The number of carbonyl (C=O) groups excluding carboxylic acids is 2. The van der Waals surface area contributed by atoms with Crippen LogP contribution in [0.1, 0.15) is 35.5 Å². The fraction of sp³-hybridized carbons (Fsp3) is 0.375. The van der Waals surface area contributed by atoms with Crippen LogP contribution < -0.4 is 10.1 Å². The van der Waals surface area contributed by atoms with Crippen LogP contribution in [0.25, 0.3) is 10.9 Å². The van der Waals surface area contributed by atoms with E-state index >= 15 is 0 Å². The number of fused-ring (bicyclic) bond motifs is 3. The van der Waals surface area contributed by atoms with E-state index in [1.54, 1.807) is 7.11 Å². The molecule has 1 N–H and O–H groups in total. The summed E-state index contributed by atoms with van der Waals surface area (Å²) >= 11 is 0. The SMILES string of the molecule is COc1cc2c3c(c1)c1c(n3C(=O)OC2(C)C)C(=O)NCC1. The summed E-state index contributed by atoms with van der Waals surface area (Å²) in [6.45, 7) is 4.25. The van der Waals surface area contributed by atoms with Gasteiger partial charge < -0.3 is 14.8 Å². The monoisotopic (exact) mass is 300 g/mol. The molecule has 0 saturated carbocycles. The van der Waals surface area contributed by atoms with E-state index in [9.17, 15) is 9.59 Å². The van der Waals surface area contributed by atoms with Crippen LogP contribution in [0.3, 0.4) is 0 Å². The van der Waals surface area contributed by atoms with Crippen LogP contribution in [0.15, 0.2) is 12.1 Å². The molecule has 0 atom stereocenters. The summed E-state index contributed by atoms with van der Waals surface area (Å²) < 4.78 is 12.3. The van der Waals surface area contributed by atoms with Gasteiger partial charge in [0, 0.05) is 17.5 Å². The van der Waals surface area contributed by atoms with Crippen molar-refractivity contribution in [3.8, 4) is 5.75 Å². The van der Waals surface area contributed by atoms with Crippen molar-refractivity contribution in [3.63, 3.8) is 0 Å². The molecule has 22 heavy (non-hydrogen) atoms. The molecule has 6 nitrogen and oxygen atoms in total. The van der Waals surface area contributed by atoms with Crippen molar-refractivity contribution in [2.75, 3.05) is 13.7 Å². The Labute approximate surface area is 127 Å². The fourth-order valence-corrected chi connectivity index (χ4v) is 3.41. The summed E-state index contributed by atoms with van der Waals surface area (Å²) in [5.41, 5.74) is 2.11. The quantitative estimate of drug-likeness (QED) is 0.876. The van der Waals surface area contributed by atoms with Crippen molar-refractivity contribution in [2.24, 2.45) is 0 Å². The van der Waals surface area contributed by atoms with Gasteiger partial charge in [-0.25, -0.2) is 9.36 Å². The highest BCUT2D eigenvalue weighted by molar-refractivity contribution is 6.09. The zero-order valence-corrected chi connectivity index (χ0v) is 12.6. The van der Waals surface area contributed by atoms with Gasteiger partial charge in [0.05, 0.1) is 12.6 Å². The Hall–Kier alpha value is -2.50. The number of nitrogens with one attached hydrogen (secondary N) is 1. The molecule has 0 spiro atoms. The predicted octanol–water partition coefficient (Wildman–Crippen LogP) is 2.17. The lowest BCUT2D eigenvalue weighted by molar-refractivity contribution is 0.0321. The molecule has 0 unspecified atom stereocenters. The lowest BCUT2D eigenvalue weighted by Crippen LogP contribution is -2.38. The van der Waals surface area contributed by atoms with Gasteiger partial charge in [-0.05, 0) is 38.0 Å². The van der Waals surface area contributed by atoms with Crippen molar-refractivity contribution in [1.82, 2.24) is 9.88 Å². The standard InChI is InChI=1S/C16H16N2O4/c1-16(2)11-7-8(21-3)6-10-9-4-5-17-14(19)13(9)18(12(10)11)15(20)22-16/h6-7H,4-5H2,1-3H3,(H,17,19). The molecular formula is C16H16N2O4. The molecule has 2 aliphatic rings. The van der Waals surface area contributed by atoms with Crippen molar-refractivity contribution in [2.45, 2.75) is 25.9 Å². The van der Waals surface area contributed by atoms with Gasteiger partial charge in [-0.1, -0.05) is 0 Å². The van der Waals surface area contributed by atoms with E-state index in [0.717, 1.165) is 22.0 Å². The maximum atomic E-state index is 12.5. The second-order valence-corrected chi connectivity index (χ2v) is 6.12. The first-order chi connectivity index (χ1) is 10.4. The zero-order valence-electron chi connectivity index (χ0n) is 12.6. The Morgan fingerprint density at radius 3 is 2.82 bits per heavy atom. The molecule has 0 aliphatic carbocycles. The number of ether oxygens (including phenoxy) is 2. The first-order valence-electron chi connectivity index (χ1n) is 7.21. The molecule has 1 amide bonds. The second-order valence-electron chi connectivity index (χ2n) is 6.12. The molecule has 0 fully saturated rings. The Morgan fingerprint density at radius 1 is 1.32 bits per heavy atom. The molecule has 2 aromatic rings. The number of hydrogen-bond acceptors (Lipinski definition) is 4. The number of rotatable bonds is 1. The smallest absolute Gasteiger partial charge is 0.420 e. The molecule has 6 heteroatoms. The number of methoxy groups -OCH3 is 1. The molecule has 114 valence electrons. The average molecular weight is 300 g/mol. The number of hydrogen-bond donors (Lipinski definition) is 1. The number of benzene rings is 1. The second kappa shape index (κ2) is 4.03. The first-order valence-corrected chi connectivity index (χ1v) is 7.21. The fourth-order valence-electron chi connectivity index (χ4n) is 3.41. The summed E-state index contributed by atoms with van der Waals surface area (Å²) in [5, 5.41) is 3.68. The molecular weight excluding hydrogens is 284 g/mol. The van der Waals surface area contributed by atoms with Crippen LogP contribution in [0.5, 0.6) is 5.75 Å². The highest BCUT2D eigenvalue weighted by Crippen LogP contribution is 2.42. The minimum Gasteiger partial charge on any atom is -0.497 e. The largest absolute Gasteiger partial charge is 0.497 e. The summed E-state index contributed by atoms with van der Waals surface area (Å²) in [4.78, 5) is 24.7. The summed E-state index contributed by atoms with van der Waals surface area (Å²) in [6, 6.07) is 3.76. The van der Waals surface area contributed by atoms with E-state index < -0.39 is 11.7 Å². The normalized spacial score (nSPS) is 18.7. The van der Waals surface area contributed by atoms with Gasteiger partial charge in [-0.2, -0.15) is 0 Å². The third-order valence-corrected chi connectivity index (χ3v) is 4.43. The maximum Gasteiger partial charge on any atom is 0.420 e. The number of nitrogens with zero attached hydrogens (tertiary/aromatic N) is 1. The molecule has 1 aromatic heterocycles. The van der Waals surface area contributed by atoms with E-state index in [2.05, 4.69) is 5.32 Å². The van der Waals surface area contributed by atoms with Crippen LogP contribution >= 0.6 is 0 Å². The molecule has 0 radical (unpaired) electrons. The number of amides is 1. The van der Waals surface area contributed by atoms with Crippen molar-refractivity contribution in [1.29, 1.82) is 0 Å². The maximum absolute atomic E-state index is 12.5. The lowest BCUT2D eigenvalue weighted by Gasteiger charge is -2.31. The number of aromatic nitrogens is 1. The van der Waals surface area contributed by atoms with Crippen molar-refractivity contribution >= 4 is 22.9 Å². The third kappa shape index (κ3) is 1.49. The Balaban J connectivity index is 2.22. The minimum atomic E-state index is -0.767. The molecule has 3 heterocycles. The predicted molar refractivity (Wildman–Crippen MR) is 79.4 cm³/mol. The number of carbonyl (C=O) groups is 2. The summed E-state index contributed by atoms with van der Waals surface area (Å²) in [6.07, 6.45) is 0.177. The zero-order chi connectivity index (χ0) is 15.6. The molecule has 1 aromatic carbocycles. The van der Waals surface area contributed by atoms with Crippen molar-refractivity contribution in [3.05, 3.63) is 29.0 Å². The van der Waals surface area contributed by atoms with Gasteiger partial charge in [0.1, 0.15) is 17.0 Å². The lowest BCUT2D eigenvalue weighted by atomic mass is 9.93. The Bertz CT molecular complexity index is 848. The van der Waals surface area contributed by atoms with Gasteiger partial charge in [-0.15, -0.1) is 0 Å². The average Bonchev–Trinajstić information content (AvgIpc) is 2.81. The third-order valence-electron chi connectivity index (χ3n) is 4.43. The van der Waals surface area contributed by atoms with Crippen LogP contribution in [0.2, 0.25) is 0 Å². The highest BCUT2D eigenvalue weighted by Gasteiger charge is 2.40. The van der Waals surface area contributed by atoms with E-state index in [1.165, 1.54) is 4.57 Å². The van der Waals surface area contributed by atoms with Crippen LogP contribution in [0.4, 0.5) is 4.79 Å². The molecule has 4 rings (SSSR count). The van der Waals surface area contributed by atoms with Gasteiger partial charge in [0.2, 0.25) is 0 Å². The Morgan fingerprint density at radius 2 is 2.09 bits per heavy atom. The van der Waals surface area contributed by atoms with Crippen LogP contribution in [-0.4, -0.2) is 30.2 Å².